The van der Waals surface area contributed by atoms with E-state index in [1.807, 2.05) is 6.92 Å². The Morgan fingerprint density at radius 3 is 2.50 bits per heavy atom. The monoisotopic (exact) mass is 240 g/mol. The minimum absolute atomic E-state index is 0.366. The Kier molecular flexibility index (Phi) is 3.72. The first-order valence-corrected chi connectivity index (χ1v) is 5.31. The minimum atomic E-state index is -4.30. The van der Waals surface area contributed by atoms with Gasteiger partial charge in [-0.1, -0.05) is 18.5 Å². The van der Waals surface area contributed by atoms with Crippen LogP contribution in [0.4, 0.5) is 13.2 Å². The van der Waals surface area contributed by atoms with Gasteiger partial charge in [0.1, 0.15) is 0 Å². The van der Waals surface area contributed by atoms with Crippen molar-refractivity contribution in [1.82, 2.24) is 0 Å². The number of alkyl halides is 3. The normalized spacial score (nSPS) is 11.8. The Morgan fingerprint density at radius 2 is 2.00 bits per heavy atom. The van der Waals surface area contributed by atoms with Crippen molar-refractivity contribution in [2.45, 2.75) is 18.0 Å². The van der Waals surface area contributed by atoms with E-state index >= 15 is 0 Å². The van der Waals surface area contributed by atoms with E-state index in [0.717, 1.165) is 12.1 Å². The average molecular weight is 241 g/mol. The molecule has 0 spiro atoms. The van der Waals surface area contributed by atoms with Crippen molar-refractivity contribution in [3.05, 3.63) is 28.8 Å². The predicted molar refractivity (Wildman–Crippen MR) is 52.9 cm³/mol. The second kappa shape index (κ2) is 4.45. The zero-order valence-corrected chi connectivity index (χ0v) is 8.93. The first-order chi connectivity index (χ1) is 6.45. The molecule has 1 aromatic carbocycles. The molecule has 0 amide bonds. The first-order valence-electron chi connectivity index (χ1n) is 3.94. The summed E-state index contributed by atoms with van der Waals surface area (Å²) < 4.78 is 36.9. The van der Waals surface area contributed by atoms with E-state index in [1.165, 1.54) is 17.8 Å². The van der Waals surface area contributed by atoms with E-state index in [1.54, 1.807) is 0 Å². The van der Waals surface area contributed by atoms with Crippen LogP contribution >= 0.6 is 23.4 Å². The molecular formula is C9H8ClF3S. The summed E-state index contributed by atoms with van der Waals surface area (Å²) in [6, 6.07) is 3.35. The molecule has 0 fully saturated rings. The molecule has 0 bridgehead atoms. The summed E-state index contributed by atoms with van der Waals surface area (Å²) in [4.78, 5) is 0.476. The smallest absolute Gasteiger partial charge is 0.166 e. The zero-order valence-electron chi connectivity index (χ0n) is 7.36. The number of hydrogen-bond acceptors (Lipinski definition) is 1. The van der Waals surface area contributed by atoms with Gasteiger partial charge in [0, 0.05) is 4.90 Å². The quantitative estimate of drug-likeness (QED) is 0.688. The molecule has 0 saturated heterocycles. The highest BCUT2D eigenvalue weighted by molar-refractivity contribution is 7.99. The van der Waals surface area contributed by atoms with Crippen molar-refractivity contribution in [1.29, 1.82) is 0 Å². The molecule has 0 aliphatic carbocycles. The molecule has 0 aliphatic rings. The topological polar surface area (TPSA) is 0 Å². The van der Waals surface area contributed by atoms with Crippen LogP contribution in [0.15, 0.2) is 23.1 Å². The van der Waals surface area contributed by atoms with Crippen LogP contribution in [0, 0.1) is 0 Å². The van der Waals surface area contributed by atoms with E-state index in [2.05, 4.69) is 0 Å². The van der Waals surface area contributed by atoms with Gasteiger partial charge in [-0.25, -0.2) is 0 Å². The number of benzene rings is 1. The molecule has 0 atom stereocenters. The molecule has 14 heavy (non-hydrogen) atoms. The lowest BCUT2D eigenvalue weighted by Gasteiger charge is -2.09. The van der Waals surface area contributed by atoms with Crippen molar-refractivity contribution in [2.75, 3.05) is 5.75 Å². The Balaban J connectivity index is 3.06. The maximum absolute atomic E-state index is 12.3. The molecule has 0 heterocycles. The molecular weight excluding hydrogens is 233 g/mol. The van der Waals surface area contributed by atoms with Gasteiger partial charge < -0.3 is 0 Å². The van der Waals surface area contributed by atoms with Crippen LogP contribution in [0.3, 0.4) is 0 Å². The highest BCUT2D eigenvalue weighted by Gasteiger charge is 2.30. The highest BCUT2D eigenvalue weighted by atomic mass is 35.5. The molecule has 0 aliphatic heterocycles. The van der Waals surface area contributed by atoms with Crippen molar-refractivity contribution in [2.24, 2.45) is 0 Å². The van der Waals surface area contributed by atoms with Gasteiger partial charge in [-0.2, -0.15) is 13.2 Å². The van der Waals surface area contributed by atoms with Crippen LogP contribution in [0.25, 0.3) is 0 Å². The number of halogens is 4. The molecule has 78 valence electrons. The number of rotatable bonds is 2. The summed E-state index contributed by atoms with van der Waals surface area (Å²) >= 11 is 7.04. The molecule has 1 aromatic rings. The molecule has 0 N–H and O–H groups in total. The third-order valence-corrected chi connectivity index (χ3v) is 2.94. The van der Waals surface area contributed by atoms with Crippen molar-refractivity contribution in [3.8, 4) is 0 Å². The molecule has 0 unspecified atom stereocenters. The van der Waals surface area contributed by atoms with Gasteiger partial charge in [0.2, 0.25) is 0 Å². The summed E-state index contributed by atoms with van der Waals surface area (Å²) in [7, 11) is 0. The second-order valence-electron chi connectivity index (χ2n) is 2.58. The fourth-order valence-corrected chi connectivity index (χ4v) is 1.95. The summed E-state index contributed by atoms with van der Waals surface area (Å²) in [5.41, 5.74) is -0.655. The fourth-order valence-electron chi connectivity index (χ4n) is 0.946. The molecule has 0 nitrogen and oxygen atoms in total. The third kappa shape index (κ3) is 2.82. The SMILES string of the molecule is CCSc1cc(C(F)(F)F)ccc1Cl. The first kappa shape index (κ1) is 11.7. The molecule has 0 aromatic heterocycles. The summed E-state index contributed by atoms with van der Waals surface area (Å²) in [6.45, 7) is 1.86. The van der Waals surface area contributed by atoms with Crippen LogP contribution in [-0.2, 0) is 6.18 Å². The third-order valence-electron chi connectivity index (χ3n) is 1.56. The van der Waals surface area contributed by atoms with Crippen molar-refractivity contribution < 1.29 is 13.2 Å². The van der Waals surface area contributed by atoms with Gasteiger partial charge >= 0.3 is 6.18 Å². The minimum Gasteiger partial charge on any atom is -0.166 e. The Labute approximate surface area is 89.4 Å². The zero-order chi connectivity index (χ0) is 10.8. The van der Waals surface area contributed by atoms with Crippen LogP contribution in [0.2, 0.25) is 5.02 Å². The van der Waals surface area contributed by atoms with Gasteiger partial charge in [-0.3, -0.25) is 0 Å². The predicted octanol–water partition coefficient (Wildman–Crippen LogP) is 4.47. The lowest BCUT2D eigenvalue weighted by Crippen LogP contribution is -2.04. The van der Waals surface area contributed by atoms with E-state index in [0.29, 0.717) is 15.7 Å². The largest absolute Gasteiger partial charge is 0.416 e. The highest BCUT2D eigenvalue weighted by Crippen LogP contribution is 2.35. The van der Waals surface area contributed by atoms with E-state index in [9.17, 15) is 13.2 Å². The van der Waals surface area contributed by atoms with Crippen LogP contribution in [0.1, 0.15) is 12.5 Å². The number of thioether (sulfide) groups is 1. The van der Waals surface area contributed by atoms with Crippen molar-refractivity contribution >= 4 is 23.4 Å². The summed E-state index contributed by atoms with van der Waals surface area (Å²) in [5, 5.41) is 0.366. The van der Waals surface area contributed by atoms with Gasteiger partial charge in [0.05, 0.1) is 10.6 Å². The standard InChI is InChI=1S/C9H8ClF3S/c1-2-14-8-5-6(9(11,12)13)3-4-7(8)10/h3-5H,2H2,1H3. The van der Waals surface area contributed by atoms with Gasteiger partial charge in [-0.05, 0) is 24.0 Å². The Hall–Kier alpha value is -0.350. The maximum atomic E-state index is 12.3. The molecule has 0 radical (unpaired) electrons. The Bertz CT molecular complexity index is 322. The summed E-state index contributed by atoms with van der Waals surface area (Å²) in [5.74, 6) is 0.695. The maximum Gasteiger partial charge on any atom is 0.416 e. The number of hydrogen-bond donors (Lipinski definition) is 0. The van der Waals surface area contributed by atoms with E-state index in [4.69, 9.17) is 11.6 Å². The molecule has 5 heteroatoms. The van der Waals surface area contributed by atoms with Crippen molar-refractivity contribution in [3.63, 3.8) is 0 Å². The van der Waals surface area contributed by atoms with Gasteiger partial charge in [0.25, 0.3) is 0 Å². The Morgan fingerprint density at radius 1 is 1.36 bits per heavy atom. The van der Waals surface area contributed by atoms with Crippen LogP contribution in [0.5, 0.6) is 0 Å². The molecule has 1 rings (SSSR count). The van der Waals surface area contributed by atoms with Gasteiger partial charge in [0.15, 0.2) is 0 Å². The van der Waals surface area contributed by atoms with Crippen LogP contribution in [-0.4, -0.2) is 5.75 Å². The van der Waals surface area contributed by atoms with E-state index in [-0.39, 0.29) is 0 Å². The molecule has 0 saturated carbocycles. The van der Waals surface area contributed by atoms with E-state index < -0.39 is 11.7 Å². The summed E-state index contributed by atoms with van der Waals surface area (Å²) in [6.07, 6.45) is -4.30. The second-order valence-corrected chi connectivity index (χ2v) is 4.29. The fraction of sp³-hybridized carbons (Fsp3) is 0.333. The lowest BCUT2D eigenvalue weighted by atomic mass is 10.2. The lowest BCUT2D eigenvalue weighted by molar-refractivity contribution is -0.137. The van der Waals surface area contributed by atoms with Gasteiger partial charge in [-0.15, -0.1) is 11.8 Å². The van der Waals surface area contributed by atoms with Crippen LogP contribution < -0.4 is 0 Å². The average Bonchev–Trinajstić information content (AvgIpc) is 2.07.